The molecule has 2 aromatic carbocycles. The van der Waals surface area contributed by atoms with E-state index in [0.29, 0.717) is 12.8 Å². The molecule has 0 heterocycles. The molecule has 2 rings (SSSR count). The van der Waals surface area contributed by atoms with Crippen LogP contribution in [-0.2, 0) is 12.8 Å². The van der Waals surface area contributed by atoms with E-state index in [1.54, 1.807) is 24.3 Å². The van der Waals surface area contributed by atoms with Crippen LogP contribution in [0, 0.1) is 0 Å². The number of phenols is 2. The SMILES string of the molecule is N[C@H](C=C[C@@H](N)Cc1ccc(O)cc1)Cc1ccc(O)cc1. The van der Waals surface area contributed by atoms with Crippen molar-refractivity contribution in [1.82, 2.24) is 0 Å². The standard InChI is InChI=1S/C18H22N2O2/c19-15(11-13-1-7-17(21)8-2-13)5-6-16(20)12-14-3-9-18(22)10-4-14/h1-10,15-16,21-22H,11-12,19-20H2/t15-,16-/m1/s1. The summed E-state index contributed by atoms with van der Waals surface area (Å²) in [4.78, 5) is 0. The van der Waals surface area contributed by atoms with Crippen LogP contribution in [0.3, 0.4) is 0 Å². The zero-order valence-electron chi connectivity index (χ0n) is 12.4. The number of phenolic OH excluding ortho intramolecular Hbond substituents is 2. The fraction of sp³-hybridized carbons (Fsp3) is 0.222. The summed E-state index contributed by atoms with van der Waals surface area (Å²) in [6.45, 7) is 0. The first-order valence-electron chi connectivity index (χ1n) is 7.28. The second-order valence-electron chi connectivity index (χ2n) is 5.45. The molecule has 0 amide bonds. The highest BCUT2D eigenvalue weighted by atomic mass is 16.3. The first kappa shape index (κ1) is 16.1. The van der Waals surface area contributed by atoms with Crippen LogP contribution in [0.2, 0.25) is 0 Å². The quantitative estimate of drug-likeness (QED) is 0.614. The highest BCUT2D eigenvalue weighted by Gasteiger charge is 2.04. The molecule has 0 saturated carbocycles. The van der Waals surface area contributed by atoms with E-state index in [1.807, 2.05) is 36.4 Å². The van der Waals surface area contributed by atoms with Crippen molar-refractivity contribution in [2.45, 2.75) is 24.9 Å². The Kier molecular flexibility index (Phi) is 5.58. The van der Waals surface area contributed by atoms with Gasteiger partial charge in [0.1, 0.15) is 11.5 Å². The highest BCUT2D eigenvalue weighted by Crippen LogP contribution is 2.12. The average molecular weight is 298 g/mol. The number of hydrogen-bond donors (Lipinski definition) is 4. The Bertz CT molecular complexity index is 550. The van der Waals surface area contributed by atoms with Crippen LogP contribution in [0.1, 0.15) is 11.1 Å². The van der Waals surface area contributed by atoms with Gasteiger partial charge in [-0.15, -0.1) is 0 Å². The van der Waals surface area contributed by atoms with Crippen LogP contribution < -0.4 is 11.5 Å². The lowest BCUT2D eigenvalue weighted by atomic mass is 10.0. The average Bonchev–Trinajstić information content (AvgIpc) is 2.50. The van der Waals surface area contributed by atoms with Crippen molar-refractivity contribution in [2.75, 3.05) is 0 Å². The molecule has 2 aromatic rings. The smallest absolute Gasteiger partial charge is 0.115 e. The number of rotatable bonds is 6. The van der Waals surface area contributed by atoms with Crippen molar-refractivity contribution in [3.63, 3.8) is 0 Å². The van der Waals surface area contributed by atoms with Gasteiger partial charge >= 0.3 is 0 Å². The van der Waals surface area contributed by atoms with Gasteiger partial charge in [0.05, 0.1) is 0 Å². The molecule has 0 radical (unpaired) electrons. The molecule has 22 heavy (non-hydrogen) atoms. The number of nitrogens with two attached hydrogens (primary N) is 2. The van der Waals surface area contributed by atoms with Crippen molar-refractivity contribution >= 4 is 0 Å². The third-order valence-electron chi connectivity index (χ3n) is 3.42. The van der Waals surface area contributed by atoms with E-state index in [4.69, 9.17) is 11.5 Å². The first-order chi connectivity index (χ1) is 10.5. The summed E-state index contributed by atoms with van der Waals surface area (Å²) in [5.41, 5.74) is 14.3. The minimum Gasteiger partial charge on any atom is -0.508 e. The van der Waals surface area contributed by atoms with Gasteiger partial charge in [-0.1, -0.05) is 36.4 Å². The van der Waals surface area contributed by atoms with Crippen LogP contribution in [-0.4, -0.2) is 22.3 Å². The van der Waals surface area contributed by atoms with Crippen molar-refractivity contribution in [3.8, 4) is 11.5 Å². The lowest BCUT2D eigenvalue weighted by Crippen LogP contribution is -2.24. The Hall–Kier alpha value is -2.30. The van der Waals surface area contributed by atoms with E-state index in [0.717, 1.165) is 11.1 Å². The van der Waals surface area contributed by atoms with E-state index in [9.17, 15) is 10.2 Å². The summed E-state index contributed by atoms with van der Waals surface area (Å²) < 4.78 is 0. The second-order valence-corrected chi connectivity index (χ2v) is 5.45. The van der Waals surface area contributed by atoms with Gasteiger partial charge in [-0.25, -0.2) is 0 Å². The molecule has 4 nitrogen and oxygen atoms in total. The first-order valence-corrected chi connectivity index (χ1v) is 7.28. The number of benzene rings is 2. The Morgan fingerprint density at radius 2 is 1.00 bits per heavy atom. The molecule has 0 fully saturated rings. The van der Waals surface area contributed by atoms with Crippen molar-refractivity contribution in [2.24, 2.45) is 11.5 Å². The molecule has 6 N–H and O–H groups in total. The maximum absolute atomic E-state index is 9.25. The molecule has 0 unspecified atom stereocenters. The molecule has 0 saturated heterocycles. The van der Waals surface area contributed by atoms with Crippen LogP contribution in [0.5, 0.6) is 11.5 Å². The number of hydrogen-bond acceptors (Lipinski definition) is 4. The summed E-state index contributed by atoms with van der Waals surface area (Å²) in [5.74, 6) is 0.507. The summed E-state index contributed by atoms with van der Waals surface area (Å²) in [7, 11) is 0. The maximum atomic E-state index is 9.25. The minimum atomic E-state index is -0.115. The van der Waals surface area contributed by atoms with Gasteiger partial charge in [-0.3, -0.25) is 0 Å². The van der Waals surface area contributed by atoms with Gasteiger partial charge in [0, 0.05) is 12.1 Å². The Labute approximate surface area is 130 Å². The van der Waals surface area contributed by atoms with Gasteiger partial charge in [0.25, 0.3) is 0 Å². The maximum Gasteiger partial charge on any atom is 0.115 e. The van der Waals surface area contributed by atoms with Crippen LogP contribution in [0.4, 0.5) is 0 Å². The molecular formula is C18H22N2O2. The fourth-order valence-corrected chi connectivity index (χ4v) is 2.23. The van der Waals surface area contributed by atoms with Gasteiger partial charge in [-0.2, -0.15) is 0 Å². The molecule has 2 atom stereocenters. The van der Waals surface area contributed by atoms with Crippen molar-refractivity contribution in [3.05, 3.63) is 71.8 Å². The Balaban J connectivity index is 1.84. The van der Waals surface area contributed by atoms with Gasteiger partial charge in [0.2, 0.25) is 0 Å². The molecule has 0 aliphatic heterocycles. The number of aromatic hydroxyl groups is 2. The zero-order valence-corrected chi connectivity index (χ0v) is 12.4. The van der Waals surface area contributed by atoms with Crippen LogP contribution >= 0.6 is 0 Å². The van der Waals surface area contributed by atoms with Crippen LogP contribution in [0.15, 0.2) is 60.7 Å². The largest absolute Gasteiger partial charge is 0.508 e. The topological polar surface area (TPSA) is 92.5 Å². The summed E-state index contributed by atoms with van der Waals surface area (Å²) >= 11 is 0. The lowest BCUT2D eigenvalue weighted by molar-refractivity contribution is 0.474. The Morgan fingerprint density at radius 1 is 0.682 bits per heavy atom. The third-order valence-corrected chi connectivity index (χ3v) is 3.42. The van der Waals surface area contributed by atoms with Gasteiger partial charge in [-0.05, 0) is 48.2 Å². The molecule has 0 aromatic heterocycles. The summed E-state index contributed by atoms with van der Waals surface area (Å²) in [5, 5.41) is 18.5. The van der Waals surface area contributed by atoms with E-state index < -0.39 is 0 Å². The zero-order chi connectivity index (χ0) is 15.9. The Morgan fingerprint density at radius 3 is 1.32 bits per heavy atom. The second kappa shape index (κ2) is 7.64. The minimum absolute atomic E-state index is 0.115. The summed E-state index contributed by atoms with van der Waals surface area (Å²) in [6.07, 6.45) is 5.22. The molecule has 0 aliphatic carbocycles. The molecule has 4 heteroatoms. The van der Waals surface area contributed by atoms with Crippen LogP contribution in [0.25, 0.3) is 0 Å². The molecule has 116 valence electrons. The molecular weight excluding hydrogens is 276 g/mol. The normalized spacial score (nSPS) is 14.1. The van der Waals surface area contributed by atoms with E-state index in [2.05, 4.69) is 0 Å². The third kappa shape index (κ3) is 5.24. The predicted octanol–water partition coefficient (Wildman–Crippen LogP) is 2.09. The van der Waals surface area contributed by atoms with E-state index >= 15 is 0 Å². The lowest BCUT2D eigenvalue weighted by Gasteiger charge is -2.10. The summed E-state index contributed by atoms with van der Waals surface area (Å²) in [6, 6.07) is 13.8. The molecule has 0 aliphatic rings. The predicted molar refractivity (Wildman–Crippen MR) is 88.7 cm³/mol. The molecule has 0 bridgehead atoms. The van der Waals surface area contributed by atoms with Gasteiger partial charge < -0.3 is 21.7 Å². The van der Waals surface area contributed by atoms with Crippen molar-refractivity contribution < 1.29 is 10.2 Å². The van der Waals surface area contributed by atoms with Crippen molar-refractivity contribution in [1.29, 1.82) is 0 Å². The van der Waals surface area contributed by atoms with Gasteiger partial charge in [0.15, 0.2) is 0 Å². The molecule has 0 spiro atoms. The highest BCUT2D eigenvalue weighted by molar-refractivity contribution is 5.28. The van der Waals surface area contributed by atoms with E-state index in [-0.39, 0.29) is 23.6 Å². The monoisotopic (exact) mass is 298 g/mol. The fourth-order valence-electron chi connectivity index (χ4n) is 2.23. The van der Waals surface area contributed by atoms with E-state index in [1.165, 1.54) is 0 Å².